The van der Waals surface area contributed by atoms with Crippen LogP contribution in [-0.4, -0.2) is 34.8 Å². The molecule has 2 heterocycles. The zero-order chi connectivity index (χ0) is 21.1. The highest BCUT2D eigenvalue weighted by molar-refractivity contribution is 6.12. The van der Waals surface area contributed by atoms with Crippen LogP contribution in [0.3, 0.4) is 0 Å². The first-order valence-corrected chi connectivity index (χ1v) is 10.7. The molecule has 1 aliphatic heterocycles. The minimum absolute atomic E-state index is 0.0697. The number of fused-ring (bicyclic) bond motifs is 2. The molecule has 0 fully saturated rings. The quantitative estimate of drug-likeness (QED) is 0.561. The average Bonchev–Trinajstić information content (AvgIpc) is 3.03. The zero-order valence-electron chi connectivity index (χ0n) is 17.5. The van der Waals surface area contributed by atoms with E-state index in [1.807, 2.05) is 65.6 Å². The molecule has 30 heavy (non-hydrogen) atoms. The molecule has 4 rings (SSSR count). The van der Waals surface area contributed by atoms with E-state index < -0.39 is 6.04 Å². The van der Waals surface area contributed by atoms with Gasteiger partial charge in [0.25, 0.3) is 5.91 Å². The minimum Gasteiger partial charge on any atom is -0.343 e. The number of para-hydroxylation sites is 2. The Morgan fingerprint density at radius 1 is 1.00 bits per heavy atom. The van der Waals surface area contributed by atoms with Crippen molar-refractivity contribution in [3.05, 3.63) is 71.9 Å². The summed E-state index contributed by atoms with van der Waals surface area (Å²) < 4.78 is 0. The summed E-state index contributed by atoms with van der Waals surface area (Å²) in [6.45, 7) is 5.62. The summed E-state index contributed by atoms with van der Waals surface area (Å²) >= 11 is 0. The maximum Gasteiger partial charge on any atom is 0.260 e. The van der Waals surface area contributed by atoms with Gasteiger partial charge in [-0.1, -0.05) is 50.2 Å². The SMILES string of the molecule is CCCN(CCC)C(=O)CC1c2nc3ccccc3cc2C(=O)N1c1ccccc1. The van der Waals surface area contributed by atoms with Crippen LogP contribution in [0.15, 0.2) is 60.7 Å². The van der Waals surface area contributed by atoms with Crippen molar-refractivity contribution in [2.24, 2.45) is 0 Å². The second-order valence-electron chi connectivity index (χ2n) is 7.73. The molecule has 0 bridgehead atoms. The van der Waals surface area contributed by atoms with Gasteiger partial charge in [-0.2, -0.15) is 0 Å². The van der Waals surface area contributed by atoms with Crippen LogP contribution < -0.4 is 4.90 Å². The third kappa shape index (κ3) is 3.67. The number of rotatable bonds is 7. The van der Waals surface area contributed by atoms with E-state index in [1.54, 1.807) is 4.90 Å². The third-order valence-electron chi connectivity index (χ3n) is 5.57. The summed E-state index contributed by atoms with van der Waals surface area (Å²) in [7, 11) is 0. The van der Waals surface area contributed by atoms with E-state index in [0.717, 1.165) is 42.5 Å². The average molecular weight is 402 g/mol. The minimum atomic E-state index is -0.400. The van der Waals surface area contributed by atoms with Gasteiger partial charge in [0.15, 0.2) is 0 Å². The Labute approximate surface area is 177 Å². The Bertz CT molecular complexity index is 1060. The number of hydrogen-bond acceptors (Lipinski definition) is 3. The van der Waals surface area contributed by atoms with E-state index in [0.29, 0.717) is 11.3 Å². The summed E-state index contributed by atoms with van der Waals surface area (Å²) in [5, 5.41) is 0.934. The van der Waals surface area contributed by atoms with E-state index in [9.17, 15) is 9.59 Å². The van der Waals surface area contributed by atoms with Gasteiger partial charge >= 0.3 is 0 Å². The first-order chi connectivity index (χ1) is 14.6. The number of pyridine rings is 1. The molecule has 0 spiro atoms. The molecule has 1 unspecified atom stereocenters. The van der Waals surface area contributed by atoms with Crippen LogP contribution in [0.5, 0.6) is 0 Å². The Morgan fingerprint density at radius 2 is 1.67 bits per heavy atom. The van der Waals surface area contributed by atoms with E-state index in [2.05, 4.69) is 13.8 Å². The van der Waals surface area contributed by atoms with Crippen molar-refractivity contribution in [1.29, 1.82) is 0 Å². The first-order valence-electron chi connectivity index (χ1n) is 10.7. The number of carbonyl (C=O) groups is 2. The van der Waals surface area contributed by atoms with Gasteiger partial charge in [-0.05, 0) is 37.1 Å². The predicted molar refractivity (Wildman–Crippen MR) is 120 cm³/mol. The highest BCUT2D eigenvalue weighted by Crippen LogP contribution is 2.39. The van der Waals surface area contributed by atoms with Gasteiger partial charge in [-0.15, -0.1) is 0 Å². The van der Waals surface area contributed by atoms with E-state index in [4.69, 9.17) is 4.98 Å². The Kier molecular flexibility index (Phi) is 5.79. The summed E-state index contributed by atoms with van der Waals surface area (Å²) in [6.07, 6.45) is 2.06. The number of aromatic nitrogens is 1. The number of benzene rings is 2. The van der Waals surface area contributed by atoms with Gasteiger partial charge in [-0.3, -0.25) is 14.5 Å². The molecular weight excluding hydrogens is 374 g/mol. The van der Waals surface area contributed by atoms with Gasteiger partial charge in [0.1, 0.15) is 0 Å². The van der Waals surface area contributed by atoms with E-state index in [-0.39, 0.29) is 18.2 Å². The topological polar surface area (TPSA) is 53.5 Å². The number of amides is 2. The molecule has 154 valence electrons. The number of anilines is 1. The molecule has 0 radical (unpaired) electrons. The maximum absolute atomic E-state index is 13.4. The summed E-state index contributed by atoms with van der Waals surface area (Å²) in [6, 6.07) is 18.9. The standard InChI is InChI=1S/C25H27N3O2/c1-3-14-27(15-4-2)23(29)17-22-24-20(16-18-10-8-9-13-21(18)26-24)25(30)28(22)19-11-6-5-7-12-19/h5-13,16,22H,3-4,14-15,17H2,1-2H3. The lowest BCUT2D eigenvalue weighted by molar-refractivity contribution is -0.131. The van der Waals surface area contributed by atoms with Crippen LogP contribution in [0.4, 0.5) is 5.69 Å². The van der Waals surface area contributed by atoms with Crippen LogP contribution in [-0.2, 0) is 4.79 Å². The van der Waals surface area contributed by atoms with Gasteiger partial charge < -0.3 is 4.90 Å². The highest BCUT2D eigenvalue weighted by atomic mass is 16.2. The lowest BCUT2D eigenvalue weighted by Crippen LogP contribution is -2.36. The lowest BCUT2D eigenvalue weighted by atomic mass is 10.0. The van der Waals surface area contributed by atoms with E-state index >= 15 is 0 Å². The van der Waals surface area contributed by atoms with Crippen LogP contribution in [0, 0.1) is 0 Å². The predicted octanol–water partition coefficient (Wildman–Crippen LogP) is 4.98. The van der Waals surface area contributed by atoms with Crippen molar-refractivity contribution in [2.45, 2.75) is 39.2 Å². The van der Waals surface area contributed by atoms with Crippen molar-refractivity contribution in [2.75, 3.05) is 18.0 Å². The molecule has 1 atom stereocenters. The first kappa shape index (κ1) is 20.1. The van der Waals surface area contributed by atoms with Crippen LogP contribution in [0.2, 0.25) is 0 Å². The number of carbonyl (C=O) groups excluding carboxylic acids is 2. The van der Waals surface area contributed by atoms with Gasteiger partial charge in [0.05, 0.1) is 29.2 Å². The van der Waals surface area contributed by atoms with Crippen LogP contribution >= 0.6 is 0 Å². The normalized spacial score (nSPS) is 15.5. The molecule has 1 aliphatic rings. The smallest absolute Gasteiger partial charge is 0.260 e. The Hall–Kier alpha value is -3.21. The van der Waals surface area contributed by atoms with Gasteiger partial charge in [-0.25, -0.2) is 4.98 Å². The monoisotopic (exact) mass is 401 g/mol. The molecule has 1 aromatic heterocycles. The molecule has 2 amide bonds. The third-order valence-corrected chi connectivity index (χ3v) is 5.57. The van der Waals surface area contributed by atoms with Gasteiger partial charge in [0, 0.05) is 24.2 Å². The fourth-order valence-electron chi connectivity index (χ4n) is 4.22. The molecule has 5 nitrogen and oxygen atoms in total. The zero-order valence-corrected chi connectivity index (χ0v) is 17.5. The van der Waals surface area contributed by atoms with Crippen molar-refractivity contribution >= 4 is 28.4 Å². The maximum atomic E-state index is 13.4. The van der Waals surface area contributed by atoms with Gasteiger partial charge in [0.2, 0.25) is 5.91 Å². The van der Waals surface area contributed by atoms with Crippen molar-refractivity contribution in [3.63, 3.8) is 0 Å². The van der Waals surface area contributed by atoms with Crippen molar-refractivity contribution in [3.8, 4) is 0 Å². The van der Waals surface area contributed by atoms with Crippen molar-refractivity contribution in [1.82, 2.24) is 9.88 Å². The number of hydrogen-bond donors (Lipinski definition) is 0. The fraction of sp³-hybridized carbons (Fsp3) is 0.320. The molecule has 0 N–H and O–H groups in total. The summed E-state index contributed by atoms with van der Waals surface area (Å²) in [4.78, 5) is 35.1. The highest BCUT2D eigenvalue weighted by Gasteiger charge is 2.41. The van der Waals surface area contributed by atoms with Crippen molar-refractivity contribution < 1.29 is 9.59 Å². The molecule has 0 saturated carbocycles. The summed E-state index contributed by atoms with van der Waals surface area (Å²) in [5.41, 5.74) is 2.92. The van der Waals surface area contributed by atoms with Crippen LogP contribution in [0.25, 0.3) is 10.9 Å². The Balaban J connectivity index is 1.77. The molecule has 0 saturated heterocycles. The Morgan fingerprint density at radius 3 is 2.37 bits per heavy atom. The lowest BCUT2D eigenvalue weighted by Gasteiger charge is -2.28. The molecule has 5 heteroatoms. The second kappa shape index (κ2) is 8.66. The molecule has 3 aromatic rings. The van der Waals surface area contributed by atoms with Crippen LogP contribution in [0.1, 0.15) is 55.2 Å². The summed E-state index contributed by atoms with van der Waals surface area (Å²) in [5.74, 6) is -0.0231. The molecular formula is C25H27N3O2. The fourth-order valence-corrected chi connectivity index (χ4v) is 4.22. The van der Waals surface area contributed by atoms with E-state index in [1.165, 1.54) is 0 Å². The molecule has 2 aromatic carbocycles. The second-order valence-corrected chi connectivity index (χ2v) is 7.73. The largest absolute Gasteiger partial charge is 0.343 e. The number of nitrogens with zero attached hydrogens (tertiary/aromatic N) is 3. The molecule has 0 aliphatic carbocycles.